The van der Waals surface area contributed by atoms with Gasteiger partial charge in [0.1, 0.15) is 22.3 Å². The largest absolute Gasteiger partial charge is 0.456 e. The SMILES string of the molecule is c1cc(-c2ccc(-c3cccc4ccccc34)cc2)cc(N(c2ccc3oc4ccccc4c3c2)c2ccccc2-c2ccc3c(c2)oc2ccccc23)c1. The maximum Gasteiger partial charge on any atom is 0.136 e. The van der Waals surface area contributed by atoms with Crippen molar-refractivity contribution in [2.75, 3.05) is 4.90 Å². The minimum Gasteiger partial charge on any atom is -0.456 e. The number of nitrogens with zero attached hydrogens (tertiary/aromatic N) is 1. The van der Waals surface area contributed by atoms with Crippen LogP contribution in [-0.4, -0.2) is 0 Å². The smallest absolute Gasteiger partial charge is 0.136 e. The van der Waals surface area contributed by atoms with Gasteiger partial charge in [0.25, 0.3) is 0 Å². The molecule has 0 amide bonds. The van der Waals surface area contributed by atoms with Crippen LogP contribution in [-0.2, 0) is 0 Å². The normalized spacial score (nSPS) is 11.6. The summed E-state index contributed by atoms with van der Waals surface area (Å²) in [5.41, 5.74) is 13.6. The first kappa shape index (κ1) is 31.2. The zero-order valence-corrected chi connectivity index (χ0v) is 29.8. The monoisotopic (exact) mass is 703 g/mol. The highest BCUT2D eigenvalue weighted by Crippen LogP contribution is 2.44. The van der Waals surface area contributed by atoms with Crippen molar-refractivity contribution in [3.05, 3.63) is 200 Å². The Bertz CT molecular complexity index is 3220. The van der Waals surface area contributed by atoms with Crippen LogP contribution in [0.2, 0.25) is 0 Å². The van der Waals surface area contributed by atoms with Gasteiger partial charge in [-0.3, -0.25) is 0 Å². The fraction of sp³-hybridized carbons (Fsp3) is 0. The molecule has 0 saturated heterocycles. The number of hydrogen-bond acceptors (Lipinski definition) is 3. The Balaban J connectivity index is 1.06. The van der Waals surface area contributed by atoms with Crippen molar-refractivity contribution in [3.8, 4) is 33.4 Å². The summed E-state index contributed by atoms with van der Waals surface area (Å²) in [4.78, 5) is 2.37. The van der Waals surface area contributed by atoms with E-state index in [1.54, 1.807) is 0 Å². The molecule has 0 unspecified atom stereocenters. The third kappa shape index (κ3) is 5.28. The Morgan fingerprint density at radius 3 is 1.73 bits per heavy atom. The molecule has 258 valence electrons. The number of anilines is 3. The number of hydrogen-bond donors (Lipinski definition) is 0. The van der Waals surface area contributed by atoms with E-state index < -0.39 is 0 Å². The molecule has 0 N–H and O–H groups in total. The minimum absolute atomic E-state index is 0.869. The van der Waals surface area contributed by atoms with Crippen LogP contribution in [0.15, 0.2) is 209 Å². The highest BCUT2D eigenvalue weighted by atomic mass is 16.3. The van der Waals surface area contributed by atoms with E-state index >= 15 is 0 Å². The summed E-state index contributed by atoms with van der Waals surface area (Å²) < 4.78 is 12.6. The number of benzene rings is 9. The van der Waals surface area contributed by atoms with Crippen LogP contribution in [0.5, 0.6) is 0 Å². The Morgan fingerprint density at radius 2 is 0.873 bits per heavy atom. The lowest BCUT2D eigenvalue weighted by Crippen LogP contribution is -2.11. The molecule has 2 aromatic heterocycles. The van der Waals surface area contributed by atoms with E-state index in [-0.39, 0.29) is 0 Å². The lowest BCUT2D eigenvalue weighted by Gasteiger charge is -2.28. The van der Waals surface area contributed by atoms with Crippen LogP contribution in [0.25, 0.3) is 88.0 Å². The van der Waals surface area contributed by atoms with Gasteiger partial charge in [-0.1, -0.05) is 140 Å². The van der Waals surface area contributed by atoms with Crippen molar-refractivity contribution in [1.29, 1.82) is 0 Å². The van der Waals surface area contributed by atoms with Crippen LogP contribution in [0.4, 0.5) is 17.1 Å². The molecular weight excluding hydrogens is 671 g/mol. The van der Waals surface area contributed by atoms with Crippen molar-refractivity contribution in [3.63, 3.8) is 0 Å². The molecule has 11 rings (SSSR count). The van der Waals surface area contributed by atoms with E-state index in [4.69, 9.17) is 8.83 Å². The molecule has 0 radical (unpaired) electrons. The Morgan fingerprint density at radius 1 is 0.291 bits per heavy atom. The zero-order chi connectivity index (χ0) is 36.3. The molecule has 0 atom stereocenters. The zero-order valence-electron chi connectivity index (χ0n) is 29.8. The van der Waals surface area contributed by atoms with Crippen LogP contribution in [0.3, 0.4) is 0 Å². The average Bonchev–Trinajstić information content (AvgIpc) is 3.82. The van der Waals surface area contributed by atoms with Crippen molar-refractivity contribution < 1.29 is 8.83 Å². The molecule has 0 bridgehead atoms. The van der Waals surface area contributed by atoms with Gasteiger partial charge in [0.15, 0.2) is 0 Å². The van der Waals surface area contributed by atoms with Crippen molar-refractivity contribution >= 4 is 71.7 Å². The molecule has 0 aliphatic rings. The molecular formula is C52H33NO2. The fourth-order valence-corrected chi connectivity index (χ4v) is 8.23. The second-order valence-electron chi connectivity index (χ2n) is 14.1. The molecule has 3 nitrogen and oxygen atoms in total. The average molecular weight is 704 g/mol. The van der Waals surface area contributed by atoms with Crippen molar-refractivity contribution in [2.24, 2.45) is 0 Å². The molecule has 0 aliphatic carbocycles. The van der Waals surface area contributed by atoms with E-state index in [0.29, 0.717) is 0 Å². The Hall–Kier alpha value is -7.36. The molecule has 0 saturated carbocycles. The summed E-state index contributed by atoms with van der Waals surface area (Å²) in [5, 5.41) is 6.93. The molecule has 9 aromatic carbocycles. The van der Waals surface area contributed by atoms with Gasteiger partial charge in [-0.25, -0.2) is 0 Å². The van der Waals surface area contributed by atoms with Gasteiger partial charge in [-0.15, -0.1) is 0 Å². The first-order chi connectivity index (χ1) is 27.2. The van der Waals surface area contributed by atoms with Crippen LogP contribution >= 0.6 is 0 Å². The highest BCUT2D eigenvalue weighted by molar-refractivity contribution is 6.08. The molecule has 3 heteroatoms. The lowest BCUT2D eigenvalue weighted by molar-refractivity contribution is 0.668. The van der Waals surface area contributed by atoms with E-state index in [1.807, 2.05) is 24.3 Å². The lowest BCUT2D eigenvalue weighted by atomic mass is 9.96. The van der Waals surface area contributed by atoms with E-state index in [9.17, 15) is 0 Å². The second-order valence-corrected chi connectivity index (χ2v) is 14.1. The summed E-state index contributed by atoms with van der Waals surface area (Å²) in [5.74, 6) is 0. The molecule has 55 heavy (non-hydrogen) atoms. The van der Waals surface area contributed by atoms with Gasteiger partial charge >= 0.3 is 0 Å². The van der Waals surface area contributed by atoms with Gasteiger partial charge in [-0.2, -0.15) is 0 Å². The van der Waals surface area contributed by atoms with E-state index in [0.717, 1.165) is 83.2 Å². The van der Waals surface area contributed by atoms with Gasteiger partial charge in [0.2, 0.25) is 0 Å². The number of rotatable bonds is 6. The summed E-state index contributed by atoms with van der Waals surface area (Å²) in [6.45, 7) is 0. The quantitative estimate of drug-likeness (QED) is 0.173. The molecule has 2 heterocycles. The minimum atomic E-state index is 0.869. The van der Waals surface area contributed by atoms with Gasteiger partial charge < -0.3 is 13.7 Å². The molecule has 0 fully saturated rings. The van der Waals surface area contributed by atoms with Crippen molar-refractivity contribution in [2.45, 2.75) is 0 Å². The third-order valence-electron chi connectivity index (χ3n) is 10.9. The summed E-state index contributed by atoms with van der Waals surface area (Å²) >= 11 is 0. The Kier molecular flexibility index (Phi) is 7.17. The van der Waals surface area contributed by atoms with Crippen LogP contribution < -0.4 is 4.90 Å². The van der Waals surface area contributed by atoms with Gasteiger partial charge in [-0.05, 0) is 99.3 Å². The second kappa shape index (κ2) is 12.6. The Labute approximate surface area is 317 Å². The standard InChI is InChI=1S/C52H33NO2/c1-2-15-41-35(11-1)12-10-19-42(41)36-25-23-34(24-26-36)37-13-9-14-39(31-37)53(40-28-30-51-47(33-40)45-18-5-8-22-50(45)54-51)48-20-6-3-16-43(48)38-27-29-46-44-17-4-7-21-49(44)55-52(46)32-38/h1-33H. The molecule has 0 aliphatic heterocycles. The van der Waals surface area contributed by atoms with E-state index in [1.165, 1.54) is 21.9 Å². The summed E-state index contributed by atoms with van der Waals surface area (Å²) in [7, 11) is 0. The molecule has 0 spiro atoms. The van der Waals surface area contributed by atoms with Crippen molar-refractivity contribution in [1.82, 2.24) is 0 Å². The highest BCUT2D eigenvalue weighted by Gasteiger charge is 2.20. The maximum absolute atomic E-state index is 6.36. The number of fused-ring (bicyclic) bond motifs is 7. The van der Waals surface area contributed by atoms with Gasteiger partial charge in [0, 0.05) is 38.5 Å². The van der Waals surface area contributed by atoms with Gasteiger partial charge in [0.05, 0.1) is 5.69 Å². The van der Waals surface area contributed by atoms with Crippen LogP contribution in [0.1, 0.15) is 0 Å². The van der Waals surface area contributed by atoms with Crippen LogP contribution in [0, 0.1) is 0 Å². The third-order valence-corrected chi connectivity index (χ3v) is 10.9. The predicted molar refractivity (Wildman–Crippen MR) is 229 cm³/mol. The number of para-hydroxylation sites is 3. The first-order valence-electron chi connectivity index (χ1n) is 18.7. The maximum atomic E-state index is 6.36. The molecule has 11 aromatic rings. The number of furan rings is 2. The summed E-state index contributed by atoms with van der Waals surface area (Å²) in [6.07, 6.45) is 0. The topological polar surface area (TPSA) is 29.5 Å². The summed E-state index contributed by atoms with van der Waals surface area (Å²) in [6, 6.07) is 71.1. The van der Waals surface area contributed by atoms with E-state index in [2.05, 4.69) is 181 Å². The predicted octanol–water partition coefficient (Wildman–Crippen LogP) is 15.1. The first-order valence-corrected chi connectivity index (χ1v) is 18.7. The fourth-order valence-electron chi connectivity index (χ4n) is 8.23.